The van der Waals surface area contributed by atoms with Gasteiger partial charge in [-0.3, -0.25) is 4.79 Å². The molecule has 0 spiro atoms. The van der Waals surface area contributed by atoms with Gasteiger partial charge in [0, 0.05) is 16.6 Å². The van der Waals surface area contributed by atoms with Gasteiger partial charge in [-0.05, 0) is 24.6 Å². The smallest absolute Gasteiger partial charge is 0.352 e. The predicted molar refractivity (Wildman–Crippen MR) is 66.4 cm³/mol. The number of halogens is 4. The molecule has 0 saturated heterocycles. The first-order valence-electron chi connectivity index (χ1n) is 5.51. The lowest BCUT2D eigenvalue weighted by Gasteiger charge is -2.10. The Morgan fingerprint density at radius 3 is 2.56 bits per heavy atom. The molecule has 1 aromatic rings. The molecule has 18 heavy (non-hydrogen) atoms. The van der Waals surface area contributed by atoms with Crippen LogP contribution in [0.3, 0.4) is 0 Å². The molecule has 1 N–H and O–H groups in total. The number of alkyl halides is 3. The summed E-state index contributed by atoms with van der Waals surface area (Å²) in [5, 5.41) is 2.64. The lowest BCUT2D eigenvalue weighted by Crippen LogP contribution is -2.24. The van der Waals surface area contributed by atoms with Crippen molar-refractivity contribution >= 4 is 21.8 Å². The number of hydrogen-bond donors (Lipinski definition) is 1. The number of carbonyl (C=O) groups excluding carboxylic acids is 1. The zero-order chi connectivity index (χ0) is 13.8. The molecule has 1 amide bonds. The molecule has 0 radical (unpaired) electrons. The van der Waals surface area contributed by atoms with Crippen molar-refractivity contribution in [3.8, 4) is 0 Å². The molecule has 0 bridgehead atoms. The second kappa shape index (κ2) is 6.22. The van der Waals surface area contributed by atoms with Crippen LogP contribution < -0.4 is 5.32 Å². The summed E-state index contributed by atoms with van der Waals surface area (Å²) < 4.78 is 37.4. The quantitative estimate of drug-likeness (QED) is 0.834. The van der Waals surface area contributed by atoms with E-state index in [-0.39, 0.29) is 15.9 Å². The first-order chi connectivity index (χ1) is 8.36. The van der Waals surface area contributed by atoms with Gasteiger partial charge in [-0.2, -0.15) is 13.2 Å². The molecule has 0 fully saturated rings. The predicted octanol–water partition coefficient (Wildman–Crippen LogP) is 4.00. The third kappa shape index (κ3) is 4.01. The summed E-state index contributed by atoms with van der Waals surface area (Å²) in [4.78, 5) is 11.6. The minimum Gasteiger partial charge on any atom is -0.352 e. The average molecular weight is 324 g/mol. The largest absolute Gasteiger partial charge is 0.417 e. The van der Waals surface area contributed by atoms with Crippen molar-refractivity contribution in [1.29, 1.82) is 0 Å². The Morgan fingerprint density at radius 1 is 1.39 bits per heavy atom. The molecule has 0 unspecified atom stereocenters. The van der Waals surface area contributed by atoms with Gasteiger partial charge in [-0.15, -0.1) is 0 Å². The van der Waals surface area contributed by atoms with Crippen LogP contribution in [0.1, 0.15) is 35.7 Å². The van der Waals surface area contributed by atoms with Crippen LogP contribution in [0.5, 0.6) is 0 Å². The minimum atomic E-state index is -4.42. The molecule has 0 aromatic heterocycles. The number of benzene rings is 1. The lowest BCUT2D eigenvalue weighted by atomic mass is 10.1. The van der Waals surface area contributed by atoms with Crippen molar-refractivity contribution < 1.29 is 18.0 Å². The first kappa shape index (κ1) is 15.0. The molecule has 1 rings (SSSR count). The fraction of sp³-hybridized carbons (Fsp3) is 0.417. The highest BCUT2D eigenvalue weighted by molar-refractivity contribution is 9.10. The summed E-state index contributed by atoms with van der Waals surface area (Å²) in [5.41, 5.74) is -0.571. The average Bonchev–Trinajstić information content (AvgIpc) is 2.27. The minimum absolute atomic E-state index is 0.127. The van der Waals surface area contributed by atoms with E-state index in [0.29, 0.717) is 6.54 Å². The Kier molecular flexibility index (Phi) is 5.19. The Morgan fingerprint density at radius 2 is 2.06 bits per heavy atom. The van der Waals surface area contributed by atoms with E-state index < -0.39 is 11.7 Å². The molecule has 0 heterocycles. The van der Waals surface area contributed by atoms with E-state index in [1.807, 2.05) is 6.92 Å². The maximum absolute atomic E-state index is 12.5. The summed E-state index contributed by atoms with van der Waals surface area (Å²) in [6.45, 7) is 2.51. The number of hydrogen-bond acceptors (Lipinski definition) is 1. The van der Waals surface area contributed by atoms with Crippen LogP contribution in [-0.2, 0) is 6.18 Å². The molecular weight excluding hydrogens is 311 g/mol. The standard InChI is InChI=1S/C12H13BrF3NO/c1-2-3-6-17-11(18)8-4-5-9(10(13)7-8)12(14,15)16/h4-5,7H,2-3,6H2,1H3,(H,17,18). The maximum atomic E-state index is 12.5. The Labute approximate surface area is 112 Å². The fourth-order valence-electron chi connectivity index (χ4n) is 1.37. The Bertz CT molecular complexity index is 432. The highest BCUT2D eigenvalue weighted by atomic mass is 79.9. The van der Waals surface area contributed by atoms with Crippen molar-refractivity contribution in [2.75, 3.05) is 6.54 Å². The summed E-state index contributed by atoms with van der Waals surface area (Å²) in [5.74, 6) is -0.363. The molecule has 0 aliphatic carbocycles. The number of nitrogens with one attached hydrogen (secondary N) is 1. The number of rotatable bonds is 4. The highest BCUT2D eigenvalue weighted by Crippen LogP contribution is 2.35. The summed E-state index contributed by atoms with van der Waals surface area (Å²) in [6, 6.07) is 3.26. The Hall–Kier alpha value is -1.04. The number of carbonyl (C=O) groups is 1. The molecule has 0 aliphatic rings. The molecular formula is C12H13BrF3NO. The third-order valence-electron chi connectivity index (χ3n) is 2.35. The third-order valence-corrected chi connectivity index (χ3v) is 3.01. The Balaban J connectivity index is 2.81. The van der Waals surface area contributed by atoms with Gasteiger partial charge in [-0.1, -0.05) is 29.3 Å². The summed E-state index contributed by atoms with van der Waals surface area (Å²) >= 11 is 2.83. The second-order valence-electron chi connectivity index (χ2n) is 3.80. The van der Waals surface area contributed by atoms with Crippen LogP contribution in [0.4, 0.5) is 13.2 Å². The molecule has 1 aromatic carbocycles. The molecule has 6 heteroatoms. The second-order valence-corrected chi connectivity index (χ2v) is 4.66. The van der Waals surface area contributed by atoms with Crippen molar-refractivity contribution in [3.05, 3.63) is 33.8 Å². The van der Waals surface area contributed by atoms with Crippen molar-refractivity contribution in [2.45, 2.75) is 25.9 Å². The van der Waals surface area contributed by atoms with E-state index >= 15 is 0 Å². The monoisotopic (exact) mass is 323 g/mol. The number of unbranched alkanes of at least 4 members (excludes halogenated alkanes) is 1. The van der Waals surface area contributed by atoms with E-state index in [1.54, 1.807) is 0 Å². The van der Waals surface area contributed by atoms with Crippen molar-refractivity contribution in [3.63, 3.8) is 0 Å². The van der Waals surface area contributed by atoms with Gasteiger partial charge in [0.2, 0.25) is 0 Å². The molecule has 0 aliphatic heterocycles. The molecule has 100 valence electrons. The highest BCUT2D eigenvalue weighted by Gasteiger charge is 2.33. The van der Waals surface area contributed by atoms with Crippen LogP contribution in [0.2, 0.25) is 0 Å². The van der Waals surface area contributed by atoms with Gasteiger partial charge in [0.15, 0.2) is 0 Å². The van der Waals surface area contributed by atoms with E-state index in [0.717, 1.165) is 18.9 Å². The van der Waals surface area contributed by atoms with Gasteiger partial charge in [-0.25, -0.2) is 0 Å². The van der Waals surface area contributed by atoms with Gasteiger partial charge in [0.05, 0.1) is 5.56 Å². The van der Waals surface area contributed by atoms with E-state index in [4.69, 9.17) is 0 Å². The number of amides is 1. The van der Waals surface area contributed by atoms with Gasteiger partial charge in [0.25, 0.3) is 5.91 Å². The van der Waals surface area contributed by atoms with Gasteiger partial charge >= 0.3 is 6.18 Å². The summed E-state index contributed by atoms with van der Waals surface area (Å²) in [6.07, 6.45) is -2.64. The summed E-state index contributed by atoms with van der Waals surface area (Å²) in [7, 11) is 0. The topological polar surface area (TPSA) is 29.1 Å². The van der Waals surface area contributed by atoms with Crippen molar-refractivity contribution in [1.82, 2.24) is 5.32 Å². The van der Waals surface area contributed by atoms with E-state index in [9.17, 15) is 18.0 Å². The molecule has 0 saturated carbocycles. The molecule has 0 atom stereocenters. The van der Waals surface area contributed by atoms with E-state index in [1.165, 1.54) is 12.1 Å². The van der Waals surface area contributed by atoms with E-state index in [2.05, 4.69) is 21.2 Å². The van der Waals surface area contributed by atoms with Crippen LogP contribution in [-0.4, -0.2) is 12.5 Å². The lowest BCUT2D eigenvalue weighted by molar-refractivity contribution is -0.138. The maximum Gasteiger partial charge on any atom is 0.417 e. The van der Waals surface area contributed by atoms with Crippen LogP contribution >= 0.6 is 15.9 Å². The van der Waals surface area contributed by atoms with Crippen LogP contribution in [0.25, 0.3) is 0 Å². The zero-order valence-electron chi connectivity index (χ0n) is 9.77. The SMILES string of the molecule is CCCCNC(=O)c1ccc(C(F)(F)F)c(Br)c1. The van der Waals surface area contributed by atoms with Crippen LogP contribution in [0, 0.1) is 0 Å². The normalized spacial score (nSPS) is 11.4. The first-order valence-corrected chi connectivity index (χ1v) is 6.30. The van der Waals surface area contributed by atoms with Crippen molar-refractivity contribution in [2.24, 2.45) is 0 Å². The van der Waals surface area contributed by atoms with Crippen LogP contribution in [0.15, 0.2) is 22.7 Å². The molecule has 2 nitrogen and oxygen atoms in total. The fourth-order valence-corrected chi connectivity index (χ4v) is 1.97. The van der Waals surface area contributed by atoms with Gasteiger partial charge < -0.3 is 5.32 Å². The van der Waals surface area contributed by atoms with Gasteiger partial charge in [0.1, 0.15) is 0 Å². The zero-order valence-corrected chi connectivity index (χ0v) is 11.4.